The standard InChI is InChI=1S/C9H8ClNS.C2H6/c1-5-3-9-8(4-7(5)10)11-6(2)12-9;1-2/h3-4H,1-2H3;1-2H3. The number of nitrogens with zero attached hydrogens (tertiary/aromatic N) is 1. The van der Waals surface area contributed by atoms with Gasteiger partial charge >= 0.3 is 0 Å². The Labute approximate surface area is 93.7 Å². The zero-order valence-electron chi connectivity index (χ0n) is 8.89. The van der Waals surface area contributed by atoms with Gasteiger partial charge in [-0.05, 0) is 31.5 Å². The molecule has 2 rings (SSSR count). The first-order valence-corrected chi connectivity index (χ1v) is 5.89. The topological polar surface area (TPSA) is 12.9 Å². The van der Waals surface area contributed by atoms with E-state index in [0.717, 1.165) is 21.1 Å². The SMILES string of the molecule is CC.Cc1nc2cc(Cl)c(C)cc2s1. The molecule has 76 valence electrons. The molecule has 1 aromatic carbocycles. The molecule has 14 heavy (non-hydrogen) atoms. The molecule has 0 radical (unpaired) electrons. The largest absolute Gasteiger partial charge is 0.241 e. The first-order chi connectivity index (χ1) is 6.66. The molecule has 0 spiro atoms. The fourth-order valence-electron chi connectivity index (χ4n) is 1.17. The van der Waals surface area contributed by atoms with Crippen LogP contribution in [-0.4, -0.2) is 4.98 Å². The Kier molecular flexibility index (Phi) is 3.90. The highest BCUT2D eigenvalue weighted by molar-refractivity contribution is 7.18. The quantitative estimate of drug-likeness (QED) is 0.642. The predicted octanol–water partition coefficient (Wildman–Crippen LogP) is 4.59. The van der Waals surface area contributed by atoms with Gasteiger partial charge in [-0.2, -0.15) is 0 Å². The third-order valence-electron chi connectivity index (χ3n) is 1.78. The van der Waals surface area contributed by atoms with E-state index in [4.69, 9.17) is 11.6 Å². The summed E-state index contributed by atoms with van der Waals surface area (Å²) in [6.07, 6.45) is 0. The van der Waals surface area contributed by atoms with Gasteiger partial charge < -0.3 is 0 Å². The summed E-state index contributed by atoms with van der Waals surface area (Å²) in [5.74, 6) is 0. The van der Waals surface area contributed by atoms with Gasteiger partial charge in [0.25, 0.3) is 0 Å². The average Bonchev–Trinajstić information content (AvgIpc) is 2.49. The van der Waals surface area contributed by atoms with Gasteiger partial charge in [0.05, 0.1) is 15.2 Å². The second-order valence-electron chi connectivity index (χ2n) is 2.80. The van der Waals surface area contributed by atoms with Crippen molar-refractivity contribution in [3.05, 3.63) is 27.7 Å². The molecule has 2 aromatic rings. The molecule has 0 aliphatic rings. The molecule has 0 fully saturated rings. The van der Waals surface area contributed by atoms with Crippen LogP contribution < -0.4 is 0 Å². The normalized spacial score (nSPS) is 9.79. The number of aromatic nitrogens is 1. The summed E-state index contributed by atoms with van der Waals surface area (Å²) in [6.45, 7) is 8.02. The molecule has 0 saturated heterocycles. The van der Waals surface area contributed by atoms with Gasteiger partial charge in [0, 0.05) is 5.02 Å². The predicted molar refractivity (Wildman–Crippen MR) is 65.5 cm³/mol. The number of hydrogen-bond acceptors (Lipinski definition) is 2. The average molecular weight is 228 g/mol. The minimum Gasteiger partial charge on any atom is -0.241 e. The van der Waals surface area contributed by atoms with Gasteiger partial charge in [0.1, 0.15) is 0 Å². The van der Waals surface area contributed by atoms with Crippen LogP contribution in [0.15, 0.2) is 12.1 Å². The van der Waals surface area contributed by atoms with Crippen molar-refractivity contribution in [3.8, 4) is 0 Å². The maximum Gasteiger partial charge on any atom is 0.0907 e. The second kappa shape index (κ2) is 4.76. The van der Waals surface area contributed by atoms with Crippen LogP contribution in [-0.2, 0) is 0 Å². The highest BCUT2D eigenvalue weighted by Crippen LogP contribution is 2.27. The minimum absolute atomic E-state index is 0.799. The summed E-state index contributed by atoms with van der Waals surface area (Å²) in [6, 6.07) is 4.01. The molecule has 0 saturated carbocycles. The second-order valence-corrected chi connectivity index (χ2v) is 4.44. The molecule has 1 nitrogen and oxygen atoms in total. The molecule has 0 atom stereocenters. The zero-order chi connectivity index (χ0) is 10.7. The third-order valence-corrected chi connectivity index (χ3v) is 3.12. The lowest BCUT2D eigenvalue weighted by molar-refractivity contribution is 1.34. The summed E-state index contributed by atoms with van der Waals surface area (Å²) >= 11 is 7.67. The van der Waals surface area contributed by atoms with Gasteiger partial charge in [-0.3, -0.25) is 0 Å². The monoisotopic (exact) mass is 227 g/mol. The lowest BCUT2D eigenvalue weighted by Crippen LogP contribution is -1.74. The number of hydrogen-bond donors (Lipinski definition) is 0. The molecule has 0 aliphatic heterocycles. The van der Waals surface area contributed by atoms with Crippen LogP contribution in [0, 0.1) is 13.8 Å². The fourth-order valence-corrected chi connectivity index (χ4v) is 2.23. The Balaban J connectivity index is 0.000000461. The minimum atomic E-state index is 0.799. The molecule has 1 heterocycles. The van der Waals surface area contributed by atoms with Gasteiger partial charge in [-0.25, -0.2) is 4.98 Å². The number of aryl methyl sites for hydroxylation is 2. The van der Waals surface area contributed by atoms with Gasteiger partial charge in [0.2, 0.25) is 0 Å². The first kappa shape index (κ1) is 11.5. The van der Waals surface area contributed by atoms with Crippen molar-refractivity contribution in [3.63, 3.8) is 0 Å². The van der Waals surface area contributed by atoms with Crippen molar-refractivity contribution in [1.29, 1.82) is 0 Å². The van der Waals surface area contributed by atoms with Crippen LogP contribution in [0.4, 0.5) is 0 Å². The van der Waals surface area contributed by atoms with Crippen LogP contribution in [0.1, 0.15) is 24.4 Å². The van der Waals surface area contributed by atoms with E-state index in [-0.39, 0.29) is 0 Å². The van der Waals surface area contributed by atoms with Crippen molar-refractivity contribution in [2.45, 2.75) is 27.7 Å². The van der Waals surface area contributed by atoms with Crippen molar-refractivity contribution >= 4 is 33.2 Å². The van der Waals surface area contributed by atoms with E-state index in [1.807, 2.05) is 33.8 Å². The maximum absolute atomic E-state index is 5.96. The highest BCUT2D eigenvalue weighted by Gasteiger charge is 2.02. The molecular formula is C11H14ClNS. The van der Waals surface area contributed by atoms with E-state index in [2.05, 4.69) is 11.1 Å². The number of rotatable bonds is 0. The lowest BCUT2D eigenvalue weighted by Gasteiger charge is -1.94. The third kappa shape index (κ3) is 2.25. The Morgan fingerprint density at radius 3 is 2.50 bits per heavy atom. The van der Waals surface area contributed by atoms with Crippen LogP contribution in [0.5, 0.6) is 0 Å². The van der Waals surface area contributed by atoms with E-state index in [1.165, 1.54) is 4.70 Å². The number of fused-ring (bicyclic) bond motifs is 1. The molecule has 3 heteroatoms. The van der Waals surface area contributed by atoms with Crippen molar-refractivity contribution in [2.24, 2.45) is 0 Å². The first-order valence-electron chi connectivity index (χ1n) is 4.70. The summed E-state index contributed by atoms with van der Waals surface area (Å²) < 4.78 is 1.22. The van der Waals surface area contributed by atoms with Crippen LogP contribution in [0.25, 0.3) is 10.2 Å². The zero-order valence-corrected chi connectivity index (χ0v) is 10.5. The Bertz CT molecular complexity index is 395. The molecule has 0 bridgehead atoms. The molecular weight excluding hydrogens is 214 g/mol. The van der Waals surface area contributed by atoms with Gasteiger partial charge in [-0.15, -0.1) is 11.3 Å². The van der Waals surface area contributed by atoms with Crippen LogP contribution in [0.2, 0.25) is 5.02 Å². The smallest absolute Gasteiger partial charge is 0.0907 e. The van der Waals surface area contributed by atoms with E-state index in [1.54, 1.807) is 11.3 Å². The Morgan fingerprint density at radius 1 is 1.21 bits per heavy atom. The summed E-state index contributed by atoms with van der Waals surface area (Å²) in [5, 5.41) is 1.89. The number of halogens is 1. The Hall–Kier alpha value is -0.600. The van der Waals surface area contributed by atoms with Gasteiger partial charge in [-0.1, -0.05) is 25.4 Å². The summed E-state index contributed by atoms with van der Waals surface area (Å²) in [4.78, 5) is 4.35. The molecule has 0 aliphatic carbocycles. The number of benzene rings is 1. The van der Waals surface area contributed by atoms with E-state index < -0.39 is 0 Å². The molecule has 1 aromatic heterocycles. The van der Waals surface area contributed by atoms with E-state index >= 15 is 0 Å². The lowest BCUT2D eigenvalue weighted by atomic mass is 10.2. The summed E-state index contributed by atoms with van der Waals surface area (Å²) in [5.41, 5.74) is 2.13. The number of thiazole rings is 1. The molecule has 0 amide bonds. The van der Waals surface area contributed by atoms with Crippen molar-refractivity contribution < 1.29 is 0 Å². The van der Waals surface area contributed by atoms with Crippen molar-refractivity contribution in [2.75, 3.05) is 0 Å². The highest BCUT2D eigenvalue weighted by atomic mass is 35.5. The Morgan fingerprint density at radius 2 is 1.86 bits per heavy atom. The molecule has 0 unspecified atom stereocenters. The van der Waals surface area contributed by atoms with Crippen LogP contribution in [0.3, 0.4) is 0 Å². The maximum atomic E-state index is 5.96. The summed E-state index contributed by atoms with van der Waals surface area (Å²) in [7, 11) is 0. The van der Waals surface area contributed by atoms with Crippen LogP contribution >= 0.6 is 22.9 Å². The van der Waals surface area contributed by atoms with E-state index in [9.17, 15) is 0 Å². The molecule has 0 N–H and O–H groups in total. The van der Waals surface area contributed by atoms with E-state index in [0.29, 0.717) is 0 Å². The van der Waals surface area contributed by atoms with Crippen molar-refractivity contribution in [1.82, 2.24) is 4.98 Å². The fraction of sp³-hybridized carbons (Fsp3) is 0.364. The van der Waals surface area contributed by atoms with Gasteiger partial charge in [0.15, 0.2) is 0 Å².